The fourth-order valence-electron chi connectivity index (χ4n) is 2.49. The Labute approximate surface area is 129 Å². The number of carbonyl (C=O) groups is 1. The molecular weight excluding hydrogens is 280 g/mol. The summed E-state index contributed by atoms with van der Waals surface area (Å²) in [5.41, 5.74) is 0. The van der Waals surface area contributed by atoms with Gasteiger partial charge in [-0.1, -0.05) is 18.2 Å². The lowest BCUT2D eigenvalue weighted by Gasteiger charge is -2.26. The molecule has 1 aromatic heterocycles. The molecule has 6 nitrogen and oxygen atoms in total. The summed E-state index contributed by atoms with van der Waals surface area (Å²) < 4.78 is 7.67. The Balaban J connectivity index is 1.35. The van der Waals surface area contributed by atoms with E-state index in [0.29, 0.717) is 19.7 Å². The second-order valence-corrected chi connectivity index (χ2v) is 5.26. The number of aromatic nitrogens is 2. The molecule has 116 valence electrons. The van der Waals surface area contributed by atoms with Crippen molar-refractivity contribution in [3.8, 4) is 5.75 Å². The minimum atomic E-state index is 0.0247. The fraction of sp³-hybridized carbons (Fsp3) is 0.375. The van der Waals surface area contributed by atoms with Crippen molar-refractivity contribution in [1.29, 1.82) is 0 Å². The highest BCUT2D eigenvalue weighted by atomic mass is 16.5. The minimum Gasteiger partial charge on any atom is -0.492 e. The number of amides is 1. The number of para-hydroxylation sites is 1. The first-order valence-electron chi connectivity index (χ1n) is 7.48. The molecule has 0 saturated heterocycles. The molecule has 0 saturated carbocycles. The molecule has 0 bridgehead atoms. The van der Waals surface area contributed by atoms with Crippen molar-refractivity contribution in [2.45, 2.75) is 13.1 Å². The van der Waals surface area contributed by atoms with Gasteiger partial charge in [-0.2, -0.15) is 0 Å². The molecule has 1 aliphatic heterocycles. The number of carbonyl (C=O) groups excluding carboxylic acids is 1. The first-order valence-corrected chi connectivity index (χ1v) is 7.48. The van der Waals surface area contributed by atoms with E-state index in [1.165, 1.54) is 0 Å². The Kier molecular flexibility index (Phi) is 4.70. The van der Waals surface area contributed by atoms with Gasteiger partial charge in [0.05, 0.1) is 19.6 Å². The van der Waals surface area contributed by atoms with Crippen LogP contribution in [-0.4, -0.2) is 46.6 Å². The van der Waals surface area contributed by atoms with E-state index in [0.717, 1.165) is 31.2 Å². The van der Waals surface area contributed by atoms with E-state index >= 15 is 0 Å². The maximum atomic E-state index is 11.9. The van der Waals surface area contributed by atoms with Crippen LogP contribution in [0.4, 0.5) is 0 Å². The zero-order chi connectivity index (χ0) is 15.2. The van der Waals surface area contributed by atoms with Gasteiger partial charge in [0.25, 0.3) is 0 Å². The van der Waals surface area contributed by atoms with Crippen LogP contribution in [0.1, 0.15) is 5.82 Å². The molecule has 0 radical (unpaired) electrons. The van der Waals surface area contributed by atoms with Crippen LogP contribution in [0.25, 0.3) is 0 Å². The quantitative estimate of drug-likeness (QED) is 0.805. The Morgan fingerprint density at radius 2 is 2.14 bits per heavy atom. The lowest BCUT2D eigenvalue weighted by Crippen LogP contribution is -2.42. The van der Waals surface area contributed by atoms with Gasteiger partial charge in [0.2, 0.25) is 5.91 Å². The zero-order valence-corrected chi connectivity index (χ0v) is 12.4. The van der Waals surface area contributed by atoms with Crippen molar-refractivity contribution in [3.05, 3.63) is 48.5 Å². The van der Waals surface area contributed by atoms with E-state index in [-0.39, 0.29) is 5.91 Å². The van der Waals surface area contributed by atoms with E-state index in [4.69, 9.17) is 4.74 Å². The van der Waals surface area contributed by atoms with Crippen molar-refractivity contribution < 1.29 is 9.53 Å². The van der Waals surface area contributed by atoms with E-state index in [1.54, 1.807) is 6.20 Å². The fourth-order valence-corrected chi connectivity index (χ4v) is 2.49. The van der Waals surface area contributed by atoms with Crippen LogP contribution in [0.15, 0.2) is 42.7 Å². The summed E-state index contributed by atoms with van der Waals surface area (Å²) in [6.45, 7) is 3.87. The average Bonchev–Trinajstić information content (AvgIpc) is 3.00. The van der Waals surface area contributed by atoms with Crippen LogP contribution < -0.4 is 10.1 Å². The number of benzene rings is 1. The van der Waals surface area contributed by atoms with Crippen LogP contribution in [0.3, 0.4) is 0 Å². The second kappa shape index (κ2) is 7.09. The van der Waals surface area contributed by atoms with Crippen LogP contribution in [-0.2, 0) is 17.9 Å². The monoisotopic (exact) mass is 300 g/mol. The highest BCUT2D eigenvalue weighted by Crippen LogP contribution is 2.09. The van der Waals surface area contributed by atoms with Gasteiger partial charge < -0.3 is 14.6 Å². The highest BCUT2D eigenvalue weighted by Gasteiger charge is 2.18. The molecule has 1 aliphatic rings. The summed E-state index contributed by atoms with van der Waals surface area (Å²) in [6, 6.07) is 9.59. The SMILES string of the molecule is O=C(CN1CCn2ccnc2C1)NCCOc1ccccc1. The summed E-state index contributed by atoms with van der Waals surface area (Å²) in [6.07, 6.45) is 3.79. The molecule has 22 heavy (non-hydrogen) atoms. The number of ether oxygens (including phenoxy) is 1. The summed E-state index contributed by atoms with van der Waals surface area (Å²) in [5, 5.41) is 2.89. The van der Waals surface area contributed by atoms with Gasteiger partial charge in [-0.05, 0) is 12.1 Å². The van der Waals surface area contributed by atoms with Gasteiger partial charge in [0.15, 0.2) is 0 Å². The molecule has 0 unspecified atom stereocenters. The van der Waals surface area contributed by atoms with Crippen molar-refractivity contribution >= 4 is 5.91 Å². The zero-order valence-electron chi connectivity index (χ0n) is 12.4. The molecule has 0 fully saturated rings. The number of imidazole rings is 1. The lowest BCUT2D eigenvalue weighted by molar-refractivity contribution is -0.122. The lowest BCUT2D eigenvalue weighted by atomic mass is 10.3. The highest BCUT2D eigenvalue weighted by molar-refractivity contribution is 5.78. The third kappa shape index (κ3) is 3.85. The number of nitrogens with zero attached hydrogens (tertiary/aromatic N) is 3. The van der Waals surface area contributed by atoms with Crippen LogP contribution in [0.5, 0.6) is 5.75 Å². The molecule has 6 heteroatoms. The number of fused-ring (bicyclic) bond motifs is 1. The molecule has 1 N–H and O–H groups in total. The van der Waals surface area contributed by atoms with Crippen molar-refractivity contribution in [3.63, 3.8) is 0 Å². The third-order valence-corrected chi connectivity index (χ3v) is 3.63. The Hall–Kier alpha value is -2.34. The smallest absolute Gasteiger partial charge is 0.234 e. The summed E-state index contributed by atoms with van der Waals surface area (Å²) >= 11 is 0. The molecular formula is C16H20N4O2. The third-order valence-electron chi connectivity index (χ3n) is 3.63. The average molecular weight is 300 g/mol. The molecule has 2 heterocycles. The first kappa shape index (κ1) is 14.6. The molecule has 1 aromatic carbocycles. The molecule has 0 spiro atoms. The van der Waals surface area contributed by atoms with Crippen LogP contribution in [0.2, 0.25) is 0 Å². The second-order valence-electron chi connectivity index (χ2n) is 5.26. The van der Waals surface area contributed by atoms with E-state index in [2.05, 4.69) is 19.8 Å². The summed E-state index contributed by atoms with van der Waals surface area (Å²) in [4.78, 5) is 18.3. The number of hydrogen-bond donors (Lipinski definition) is 1. The number of hydrogen-bond acceptors (Lipinski definition) is 4. The maximum absolute atomic E-state index is 11.9. The minimum absolute atomic E-state index is 0.0247. The predicted octanol–water partition coefficient (Wildman–Crippen LogP) is 0.894. The predicted molar refractivity (Wildman–Crippen MR) is 82.5 cm³/mol. The number of nitrogens with one attached hydrogen (secondary N) is 1. The normalized spacial score (nSPS) is 14.4. The standard InChI is InChI=1S/C16H20N4O2/c21-16(18-7-11-22-14-4-2-1-3-5-14)13-19-9-10-20-8-6-17-15(20)12-19/h1-6,8H,7,9-13H2,(H,18,21). The molecule has 2 aromatic rings. The Bertz CT molecular complexity index is 612. The van der Waals surface area contributed by atoms with Crippen LogP contribution in [0, 0.1) is 0 Å². The van der Waals surface area contributed by atoms with E-state index in [1.807, 2.05) is 36.5 Å². The number of rotatable bonds is 6. The summed E-state index contributed by atoms with van der Waals surface area (Å²) in [5.74, 6) is 1.86. The van der Waals surface area contributed by atoms with Gasteiger partial charge in [0, 0.05) is 25.5 Å². The first-order chi connectivity index (χ1) is 10.8. The van der Waals surface area contributed by atoms with Crippen LogP contribution >= 0.6 is 0 Å². The van der Waals surface area contributed by atoms with Gasteiger partial charge in [-0.25, -0.2) is 4.98 Å². The van der Waals surface area contributed by atoms with Gasteiger partial charge in [-0.3, -0.25) is 9.69 Å². The Morgan fingerprint density at radius 3 is 3.00 bits per heavy atom. The largest absolute Gasteiger partial charge is 0.492 e. The van der Waals surface area contributed by atoms with Gasteiger partial charge >= 0.3 is 0 Å². The molecule has 0 aliphatic carbocycles. The molecule has 0 atom stereocenters. The maximum Gasteiger partial charge on any atom is 0.234 e. The summed E-state index contributed by atoms with van der Waals surface area (Å²) in [7, 11) is 0. The van der Waals surface area contributed by atoms with Crippen molar-refractivity contribution in [1.82, 2.24) is 19.8 Å². The molecule has 1 amide bonds. The topological polar surface area (TPSA) is 59.4 Å². The van der Waals surface area contributed by atoms with E-state index < -0.39 is 0 Å². The van der Waals surface area contributed by atoms with Crippen molar-refractivity contribution in [2.24, 2.45) is 0 Å². The van der Waals surface area contributed by atoms with Gasteiger partial charge in [0.1, 0.15) is 18.2 Å². The Morgan fingerprint density at radius 1 is 1.27 bits per heavy atom. The van der Waals surface area contributed by atoms with Crippen molar-refractivity contribution in [2.75, 3.05) is 26.2 Å². The van der Waals surface area contributed by atoms with E-state index in [9.17, 15) is 4.79 Å². The molecule has 3 rings (SSSR count). The van der Waals surface area contributed by atoms with Gasteiger partial charge in [-0.15, -0.1) is 0 Å².